The number of para-hydroxylation sites is 1. The zero-order chi connectivity index (χ0) is 14.8. The number of amides is 1. The molecule has 1 aromatic carbocycles. The van der Waals surface area contributed by atoms with E-state index in [0.29, 0.717) is 17.9 Å². The summed E-state index contributed by atoms with van der Waals surface area (Å²) in [6, 6.07) is 6.31. The van der Waals surface area contributed by atoms with E-state index in [1.807, 2.05) is 0 Å². The maximum atomic E-state index is 12.4. The van der Waals surface area contributed by atoms with Crippen LogP contribution in [0.3, 0.4) is 0 Å². The van der Waals surface area contributed by atoms with E-state index >= 15 is 0 Å². The van der Waals surface area contributed by atoms with E-state index in [1.165, 1.54) is 7.11 Å². The van der Waals surface area contributed by atoms with Crippen molar-refractivity contribution >= 4 is 17.6 Å². The summed E-state index contributed by atoms with van der Waals surface area (Å²) in [5.41, 5.74) is 5.82. The predicted molar refractivity (Wildman–Crippen MR) is 73.3 cm³/mol. The van der Waals surface area contributed by atoms with E-state index in [1.54, 1.807) is 31.2 Å². The normalized spacial score (nSPS) is 25.2. The van der Waals surface area contributed by atoms with Crippen LogP contribution >= 0.6 is 0 Å². The lowest BCUT2D eigenvalue weighted by Gasteiger charge is -2.25. The first-order chi connectivity index (χ1) is 9.49. The van der Waals surface area contributed by atoms with Gasteiger partial charge in [-0.3, -0.25) is 4.79 Å². The van der Waals surface area contributed by atoms with Gasteiger partial charge in [0, 0.05) is 6.04 Å². The van der Waals surface area contributed by atoms with Crippen molar-refractivity contribution in [2.24, 2.45) is 11.1 Å². The molecule has 1 aliphatic rings. The van der Waals surface area contributed by atoms with E-state index in [4.69, 9.17) is 15.2 Å². The molecule has 1 fully saturated rings. The van der Waals surface area contributed by atoms with Gasteiger partial charge in [-0.1, -0.05) is 12.1 Å². The van der Waals surface area contributed by atoms with Crippen LogP contribution in [0.1, 0.15) is 17.3 Å². The number of hydrogen-bond acceptors (Lipinski definition) is 5. The number of nitrogens with two attached hydrogens (primary N) is 1. The second kappa shape index (κ2) is 5.60. The van der Waals surface area contributed by atoms with Crippen molar-refractivity contribution < 1.29 is 19.1 Å². The summed E-state index contributed by atoms with van der Waals surface area (Å²) >= 11 is 0. The highest BCUT2D eigenvalue weighted by Crippen LogP contribution is 2.29. The van der Waals surface area contributed by atoms with Gasteiger partial charge in [0.25, 0.3) is 0 Å². The molecule has 108 valence electrons. The van der Waals surface area contributed by atoms with Gasteiger partial charge in [0.1, 0.15) is 0 Å². The first-order valence-corrected chi connectivity index (χ1v) is 6.31. The molecule has 6 nitrogen and oxygen atoms in total. The van der Waals surface area contributed by atoms with E-state index in [9.17, 15) is 9.59 Å². The highest BCUT2D eigenvalue weighted by Gasteiger charge is 2.44. The lowest BCUT2D eigenvalue weighted by molar-refractivity contribution is -0.125. The third kappa shape index (κ3) is 2.52. The van der Waals surface area contributed by atoms with E-state index < -0.39 is 11.4 Å². The molecule has 1 aromatic rings. The maximum Gasteiger partial charge on any atom is 0.339 e. The molecule has 0 saturated carbocycles. The average Bonchev–Trinajstić information content (AvgIpc) is 2.80. The van der Waals surface area contributed by atoms with Gasteiger partial charge in [-0.15, -0.1) is 0 Å². The highest BCUT2D eigenvalue weighted by atomic mass is 16.5. The summed E-state index contributed by atoms with van der Waals surface area (Å²) < 4.78 is 9.94. The Bertz CT molecular complexity index is 532. The molecule has 3 N–H and O–H groups in total. The van der Waals surface area contributed by atoms with Crippen molar-refractivity contribution in [3.63, 3.8) is 0 Å². The molecule has 1 heterocycles. The largest absolute Gasteiger partial charge is 0.465 e. The van der Waals surface area contributed by atoms with Gasteiger partial charge in [-0.25, -0.2) is 4.79 Å². The van der Waals surface area contributed by atoms with Crippen LogP contribution in [0.5, 0.6) is 0 Å². The quantitative estimate of drug-likeness (QED) is 0.797. The lowest BCUT2D eigenvalue weighted by atomic mass is 9.84. The van der Waals surface area contributed by atoms with Crippen molar-refractivity contribution in [1.82, 2.24) is 0 Å². The first-order valence-electron chi connectivity index (χ1n) is 6.31. The van der Waals surface area contributed by atoms with Gasteiger partial charge in [0.05, 0.1) is 37.0 Å². The van der Waals surface area contributed by atoms with Crippen LogP contribution in [0.15, 0.2) is 24.3 Å². The zero-order valence-corrected chi connectivity index (χ0v) is 11.5. The number of carbonyl (C=O) groups is 2. The molecule has 6 heteroatoms. The molecule has 2 rings (SSSR count). The number of esters is 1. The number of rotatable bonds is 3. The summed E-state index contributed by atoms with van der Waals surface area (Å²) in [4.78, 5) is 24.0. The minimum absolute atomic E-state index is 0.264. The molecule has 0 spiro atoms. The Morgan fingerprint density at radius 2 is 2.15 bits per heavy atom. The Kier molecular flexibility index (Phi) is 4.06. The molecule has 0 radical (unpaired) electrons. The molecule has 2 unspecified atom stereocenters. The van der Waals surface area contributed by atoms with Crippen molar-refractivity contribution in [2.75, 3.05) is 25.6 Å². The molecule has 2 atom stereocenters. The van der Waals surface area contributed by atoms with E-state index in [2.05, 4.69) is 5.32 Å². The van der Waals surface area contributed by atoms with Crippen LogP contribution in [0.25, 0.3) is 0 Å². The average molecular weight is 278 g/mol. The molecule has 1 saturated heterocycles. The Morgan fingerprint density at radius 3 is 2.75 bits per heavy atom. The van der Waals surface area contributed by atoms with Gasteiger partial charge in [-0.05, 0) is 19.1 Å². The second-order valence-electron chi connectivity index (χ2n) is 5.03. The van der Waals surface area contributed by atoms with Crippen molar-refractivity contribution in [1.29, 1.82) is 0 Å². The van der Waals surface area contributed by atoms with Gasteiger partial charge < -0.3 is 20.5 Å². The Hall–Kier alpha value is -1.92. The summed E-state index contributed by atoms with van der Waals surface area (Å²) in [7, 11) is 1.29. The SMILES string of the molecule is COC(=O)c1ccccc1NC(=O)C1(C)COCC1N. The Balaban J connectivity index is 2.22. The number of methoxy groups -OCH3 is 1. The van der Waals surface area contributed by atoms with Crippen LogP contribution in [-0.4, -0.2) is 38.2 Å². The molecule has 1 aliphatic heterocycles. The van der Waals surface area contributed by atoms with Crippen LogP contribution < -0.4 is 11.1 Å². The fraction of sp³-hybridized carbons (Fsp3) is 0.429. The zero-order valence-electron chi connectivity index (χ0n) is 11.5. The van der Waals surface area contributed by atoms with Gasteiger partial charge in [0.15, 0.2) is 0 Å². The number of carbonyl (C=O) groups excluding carboxylic acids is 2. The van der Waals surface area contributed by atoms with Crippen LogP contribution in [0, 0.1) is 5.41 Å². The summed E-state index contributed by atoms with van der Waals surface area (Å²) in [6.07, 6.45) is 0. The van der Waals surface area contributed by atoms with Crippen LogP contribution in [0.2, 0.25) is 0 Å². The molecular weight excluding hydrogens is 260 g/mol. The molecular formula is C14H18N2O4. The number of anilines is 1. The third-order valence-corrected chi connectivity index (χ3v) is 3.62. The molecule has 1 amide bonds. The first kappa shape index (κ1) is 14.5. The second-order valence-corrected chi connectivity index (χ2v) is 5.03. The van der Waals surface area contributed by atoms with Gasteiger partial charge >= 0.3 is 5.97 Å². The lowest BCUT2D eigenvalue weighted by Crippen LogP contribution is -2.47. The smallest absolute Gasteiger partial charge is 0.339 e. The summed E-state index contributed by atoms with van der Waals surface area (Å²) in [5, 5.41) is 2.74. The van der Waals surface area contributed by atoms with Gasteiger partial charge in [0.2, 0.25) is 5.91 Å². The van der Waals surface area contributed by atoms with Crippen LogP contribution in [-0.2, 0) is 14.3 Å². The molecule has 0 aliphatic carbocycles. The number of nitrogens with one attached hydrogen (secondary N) is 1. The fourth-order valence-electron chi connectivity index (χ4n) is 2.07. The van der Waals surface area contributed by atoms with E-state index in [0.717, 1.165) is 0 Å². The van der Waals surface area contributed by atoms with Crippen molar-refractivity contribution in [3.05, 3.63) is 29.8 Å². The predicted octanol–water partition coefficient (Wildman–Crippen LogP) is 0.775. The summed E-state index contributed by atoms with van der Waals surface area (Å²) in [6.45, 7) is 2.36. The minimum Gasteiger partial charge on any atom is -0.465 e. The number of hydrogen-bond donors (Lipinski definition) is 2. The van der Waals surface area contributed by atoms with Gasteiger partial charge in [-0.2, -0.15) is 0 Å². The number of benzene rings is 1. The maximum absolute atomic E-state index is 12.4. The van der Waals surface area contributed by atoms with Crippen molar-refractivity contribution in [2.45, 2.75) is 13.0 Å². The fourth-order valence-corrected chi connectivity index (χ4v) is 2.07. The highest BCUT2D eigenvalue weighted by molar-refractivity contribution is 6.03. The molecule has 0 bridgehead atoms. The van der Waals surface area contributed by atoms with Crippen LogP contribution in [0.4, 0.5) is 5.69 Å². The number of ether oxygens (including phenoxy) is 2. The standard InChI is InChI=1S/C14H18N2O4/c1-14(8-20-7-11(14)15)13(18)16-10-6-4-3-5-9(10)12(17)19-2/h3-6,11H,7-8,15H2,1-2H3,(H,16,18). The Labute approximate surface area is 117 Å². The monoisotopic (exact) mass is 278 g/mol. The topological polar surface area (TPSA) is 90.6 Å². The molecule has 20 heavy (non-hydrogen) atoms. The molecule has 0 aromatic heterocycles. The minimum atomic E-state index is -0.802. The Morgan fingerprint density at radius 1 is 1.45 bits per heavy atom. The summed E-state index contributed by atoms with van der Waals surface area (Å²) in [5.74, 6) is -0.767. The third-order valence-electron chi connectivity index (χ3n) is 3.62. The van der Waals surface area contributed by atoms with E-state index in [-0.39, 0.29) is 18.6 Å². The van der Waals surface area contributed by atoms with Crippen molar-refractivity contribution in [3.8, 4) is 0 Å².